The number of amides is 4. The maximum absolute atomic E-state index is 14.1. The van der Waals surface area contributed by atoms with Crippen molar-refractivity contribution >= 4 is 29.3 Å². The third-order valence-corrected chi connectivity index (χ3v) is 9.68. The molecule has 0 radical (unpaired) electrons. The van der Waals surface area contributed by atoms with Gasteiger partial charge in [-0.1, -0.05) is 19.9 Å². The van der Waals surface area contributed by atoms with Crippen LogP contribution in [0.25, 0.3) is 0 Å². The lowest BCUT2D eigenvalue weighted by Gasteiger charge is -2.36. The number of hydrogen-bond donors (Lipinski definition) is 3. The summed E-state index contributed by atoms with van der Waals surface area (Å²) in [7, 11) is 0. The van der Waals surface area contributed by atoms with E-state index in [0.29, 0.717) is 5.56 Å². The van der Waals surface area contributed by atoms with Gasteiger partial charge >= 0.3 is 0 Å². The summed E-state index contributed by atoms with van der Waals surface area (Å²) < 4.78 is 46.3. The molecule has 1 saturated heterocycles. The van der Waals surface area contributed by atoms with E-state index in [9.17, 15) is 37.6 Å². The largest absolute Gasteiger partial charge is 0.478 e. The lowest BCUT2D eigenvalue weighted by Crippen LogP contribution is -2.58. The molecule has 0 spiro atoms. The molecule has 3 fully saturated rings. The molecule has 2 aliphatic carbocycles. The molecule has 11 nitrogen and oxygen atoms in total. The zero-order valence-corrected chi connectivity index (χ0v) is 25.1. The third kappa shape index (κ3) is 5.98. The number of rotatable bonds is 9. The van der Waals surface area contributed by atoms with Gasteiger partial charge in [-0.15, -0.1) is 0 Å². The summed E-state index contributed by atoms with van der Waals surface area (Å²) >= 11 is 0. The van der Waals surface area contributed by atoms with Crippen LogP contribution in [-0.4, -0.2) is 70.2 Å². The molecular weight excluding hydrogens is 605 g/mol. The molecule has 3 N–H and O–H groups in total. The monoisotopic (exact) mass is 638 g/mol. The number of alkyl halides is 2. The van der Waals surface area contributed by atoms with E-state index in [1.807, 2.05) is 19.9 Å². The Hall–Kier alpha value is -4.67. The summed E-state index contributed by atoms with van der Waals surface area (Å²) in [5.74, 6) is -6.83. The zero-order valence-electron chi connectivity index (χ0n) is 25.1. The fraction of sp³-hybridized carbons (Fsp3) is 0.500. The van der Waals surface area contributed by atoms with Crippen molar-refractivity contribution in [2.45, 2.75) is 69.7 Å². The minimum atomic E-state index is -2.92. The summed E-state index contributed by atoms with van der Waals surface area (Å²) in [5, 5.41) is 17.8. The highest BCUT2D eigenvalue weighted by atomic mass is 19.3. The molecule has 46 heavy (non-hydrogen) atoms. The van der Waals surface area contributed by atoms with Crippen molar-refractivity contribution in [2.24, 2.45) is 23.2 Å². The molecule has 6 rings (SSSR count). The number of hydrogen-bond acceptors (Lipinski definition) is 7. The van der Waals surface area contributed by atoms with Gasteiger partial charge in [0.05, 0.1) is 11.8 Å². The Bertz CT molecular complexity index is 1610. The summed E-state index contributed by atoms with van der Waals surface area (Å²) in [6, 6.07) is 5.72. The minimum Gasteiger partial charge on any atom is -0.478 e. The Kier molecular flexibility index (Phi) is 7.90. The van der Waals surface area contributed by atoms with Gasteiger partial charge in [0.2, 0.25) is 23.6 Å². The van der Waals surface area contributed by atoms with Crippen LogP contribution in [0.5, 0.6) is 5.75 Å². The summed E-state index contributed by atoms with van der Waals surface area (Å²) in [6.45, 7) is 4.20. The summed E-state index contributed by atoms with van der Waals surface area (Å²) in [6.07, 6.45) is 0.570. The van der Waals surface area contributed by atoms with Gasteiger partial charge in [-0.2, -0.15) is 5.26 Å². The molecule has 242 valence electrons. The standard InChI is InChI=1S/C32H33F3N6O5/c1-31(2)20-15-41(30(45)22(8-16-4-3-7-37-14-16)40-27(42)17-11-32(34,35)12-17)26(25(20)31)29(44)38-19(13-36)10-24-28(43)39-21-9-18(33)5-6-23(21)46-24/h3-7,9,14,17,19-20,22,24-26H,8,10-12,15H2,1-2H3,(H,38,44)(H,39,43)(H,40,42)/t19?,20-,22?,24-,25-,26-/m0/s1. The zero-order chi connectivity index (χ0) is 33.0. The number of piperidine rings is 1. The van der Waals surface area contributed by atoms with Crippen molar-refractivity contribution in [1.82, 2.24) is 20.5 Å². The molecule has 1 aromatic heterocycles. The van der Waals surface area contributed by atoms with E-state index in [4.69, 9.17) is 4.74 Å². The molecular formula is C32H33F3N6O5. The van der Waals surface area contributed by atoms with Crippen molar-refractivity contribution in [3.05, 3.63) is 54.1 Å². The van der Waals surface area contributed by atoms with Crippen LogP contribution >= 0.6 is 0 Å². The molecule has 4 amide bonds. The van der Waals surface area contributed by atoms with Gasteiger partial charge in [-0.3, -0.25) is 24.2 Å². The average molecular weight is 639 g/mol. The second-order valence-electron chi connectivity index (χ2n) is 13.1. The number of aromatic nitrogens is 1. The molecule has 4 aliphatic rings. The van der Waals surface area contributed by atoms with Gasteiger partial charge < -0.3 is 25.6 Å². The molecule has 2 unspecified atom stereocenters. The number of benzene rings is 1. The van der Waals surface area contributed by atoms with Crippen molar-refractivity contribution < 1.29 is 37.1 Å². The Morgan fingerprint density at radius 2 is 1.96 bits per heavy atom. The van der Waals surface area contributed by atoms with E-state index < -0.39 is 78.4 Å². The number of ether oxygens (including phenoxy) is 1. The van der Waals surface area contributed by atoms with Crippen LogP contribution in [0.15, 0.2) is 42.7 Å². The minimum absolute atomic E-state index is 0.0165. The molecule has 2 saturated carbocycles. The van der Waals surface area contributed by atoms with Crippen molar-refractivity contribution in [3.63, 3.8) is 0 Å². The number of halogens is 3. The maximum atomic E-state index is 14.1. The van der Waals surface area contributed by atoms with Crippen LogP contribution in [0.4, 0.5) is 18.9 Å². The Morgan fingerprint density at radius 3 is 2.63 bits per heavy atom. The fourth-order valence-electron chi connectivity index (χ4n) is 7.00. The molecule has 2 aliphatic heterocycles. The van der Waals surface area contributed by atoms with Gasteiger partial charge in [-0.05, 0) is 41.0 Å². The fourth-order valence-corrected chi connectivity index (χ4v) is 7.00. The highest BCUT2D eigenvalue weighted by Crippen LogP contribution is 2.65. The second kappa shape index (κ2) is 11.6. The number of fused-ring (bicyclic) bond motifs is 2. The van der Waals surface area contributed by atoms with Gasteiger partial charge in [0.1, 0.15) is 29.7 Å². The van der Waals surface area contributed by atoms with E-state index >= 15 is 0 Å². The normalized spacial score (nSPS) is 26.5. The van der Waals surface area contributed by atoms with Crippen LogP contribution in [0, 0.1) is 40.3 Å². The topological polar surface area (TPSA) is 154 Å². The number of nitrogens with zero attached hydrogens (tertiary/aromatic N) is 3. The number of anilines is 1. The van der Waals surface area contributed by atoms with E-state index in [1.54, 1.807) is 18.3 Å². The average Bonchev–Trinajstić information content (AvgIpc) is 3.31. The van der Waals surface area contributed by atoms with Crippen molar-refractivity contribution in [1.29, 1.82) is 5.26 Å². The highest BCUT2D eigenvalue weighted by molar-refractivity contribution is 5.98. The van der Waals surface area contributed by atoms with E-state index in [1.165, 1.54) is 23.2 Å². The number of likely N-dealkylation sites (tertiary alicyclic amines) is 1. The summed E-state index contributed by atoms with van der Waals surface area (Å²) in [4.78, 5) is 58.9. The predicted molar refractivity (Wildman–Crippen MR) is 155 cm³/mol. The first kappa shape index (κ1) is 31.3. The molecule has 2 aromatic rings. The van der Waals surface area contributed by atoms with Gasteiger partial charge in [0.25, 0.3) is 5.91 Å². The lowest BCUT2D eigenvalue weighted by atomic mass is 9.80. The molecule has 6 atom stereocenters. The van der Waals surface area contributed by atoms with Crippen LogP contribution in [0.2, 0.25) is 0 Å². The highest BCUT2D eigenvalue weighted by Gasteiger charge is 2.69. The van der Waals surface area contributed by atoms with Crippen molar-refractivity contribution in [2.75, 3.05) is 11.9 Å². The van der Waals surface area contributed by atoms with Gasteiger partial charge in [0, 0.05) is 56.6 Å². The quantitative estimate of drug-likeness (QED) is 0.382. The number of carbonyl (C=O) groups excluding carboxylic acids is 4. The number of pyridine rings is 1. The van der Waals surface area contributed by atoms with Gasteiger partial charge in [-0.25, -0.2) is 13.2 Å². The van der Waals surface area contributed by atoms with Crippen LogP contribution in [0.1, 0.15) is 38.7 Å². The SMILES string of the molecule is CC1(C)[C@@H]2[C@@H](C(=O)NC(C#N)C[C@@H]3Oc4ccc(F)cc4NC3=O)N(C(=O)C(Cc3cccnc3)NC(=O)C3CC(F)(F)C3)C[C@@H]21. The molecule has 3 heterocycles. The van der Waals surface area contributed by atoms with E-state index in [-0.39, 0.29) is 48.1 Å². The van der Waals surface area contributed by atoms with Crippen LogP contribution in [0.3, 0.4) is 0 Å². The van der Waals surface area contributed by atoms with E-state index in [0.717, 1.165) is 6.07 Å². The van der Waals surface area contributed by atoms with Crippen LogP contribution < -0.4 is 20.7 Å². The van der Waals surface area contributed by atoms with Crippen LogP contribution in [-0.2, 0) is 25.6 Å². The number of nitriles is 1. The Balaban J connectivity index is 1.18. The molecule has 1 aromatic carbocycles. The van der Waals surface area contributed by atoms with E-state index in [2.05, 4.69) is 20.9 Å². The van der Waals surface area contributed by atoms with Crippen molar-refractivity contribution in [3.8, 4) is 11.8 Å². The van der Waals surface area contributed by atoms with Gasteiger partial charge in [0.15, 0.2) is 6.10 Å². The first-order valence-electron chi connectivity index (χ1n) is 15.1. The lowest BCUT2D eigenvalue weighted by molar-refractivity contribution is -0.153. The molecule has 14 heteroatoms. The molecule has 0 bridgehead atoms. The first-order valence-corrected chi connectivity index (χ1v) is 15.1. The number of nitrogens with one attached hydrogen (secondary N) is 3. The second-order valence-corrected chi connectivity index (χ2v) is 13.1. The smallest absolute Gasteiger partial charge is 0.265 e. The Labute approximate surface area is 262 Å². The Morgan fingerprint density at radius 1 is 1.20 bits per heavy atom. The first-order chi connectivity index (χ1) is 21.8. The third-order valence-electron chi connectivity index (χ3n) is 9.68. The number of carbonyl (C=O) groups is 4. The summed E-state index contributed by atoms with van der Waals surface area (Å²) in [5.41, 5.74) is 0.511. The maximum Gasteiger partial charge on any atom is 0.265 e. The predicted octanol–water partition coefficient (Wildman–Crippen LogP) is 2.57.